The summed E-state index contributed by atoms with van der Waals surface area (Å²) in [6.07, 6.45) is 0.685. The van der Waals surface area contributed by atoms with Crippen molar-refractivity contribution in [1.29, 1.82) is 0 Å². The summed E-state index contributed by atoms with van der Waals surface area (Å²) >= 11 is 0. The molecule has 0 saturated carbocycles. The van der Waals surface area contributed by atoms with Gasteiger partial charge in [0.15, 0.2) is 6.29 Å². The van der Waals surface area contributed by atoms with E-state index < -0.39 is 22.5 Å². The van der Waals surface area contributed by atoms with E-state index in [4.69, 9.17) is 13.8 Å². The molecule has 0 radical (unpaired) electrons. The van der Waals surface area contributed by atoms with Crippen molar-refractivity contribution in [3.8, 4) is 0 Å². The third kappa shape index (κ3) is 4.45. The van der Waals surface area contributed by atoms with Gasteiger partial charge in [-0.15, -0.1) is 0 Å². The fourth-order valence-electron chi connectivity index (χ4n) is 3.69. The Hall–Kier alpha value is -1.77. The fraction of sp³-hybridized carbons (Fsp3) is 0.429. The van der Waals surface area contributed by atoms with E-state index in [1.807, 2.05) is 37.3 Å². The number of hydrogen-bond acceptors (Lipinski definition) is 6. The quantitative estimate of drug-likeness (QED) is 0.714. The SMILES string of the molecule is Cc1ccc(S(=O)(=O)O[C@@H]2CN(Cc3ccccc3)O[C@H]3OCCC[C@H]32)cc1. The summed E-state index contributed by atoms with van der Waals surface area (Å²) in [5, 5.41) is 1.75. The highest BCUT2D eigenvalue weighted by Crippen LogP contribution is 2.34. The maximum absolute atomic E-state index is 12.8. The predicted molar refractivity (Wildman–Crippen MR) is 104 cm³/mol. The Bertz CT molecular complexity index is 885. The maximum Gasteiger partial charge on any atom is 0.297 e. The van der Waals surface area contributed by atoms with Crippen molar-refractivity contribution in [3.63, 3.8) is 0 Å². The molecule has 28 heavy (non-hydrogen) atoms. The van der Waals surface area contributed by atoms with E-state index in [1.165, 1.54) is 0 Å². The Morgan fingerprint density at radius 3 is 2.61 bits per heavy atom. The molecule has 2 aromatic rings. The molecule has 2 aliphatic rings. The minimum Gasteiger partial charge on any atom is -0.350 e. The molecule has 0 unspecified atom stereocenters. The lowest BCUT2D eigenvalue weighted by Crippen LogP contribution is -2.54. The Morgan fingerprint density at radius 1 is 1.11 bits per heavy atom. The molecule has 0 bridgehead atoms. The number of ether oxygens (including phenoxy) is 1. The van der Waals surface area contributed by atoms with Crippen molar-refractivity contribution in [3.05, 3.63) is 65.7 Å². The van der Waals surface area contributed by atoms with Crippen LogP contribution in [0.4, 0.5) is 0 Å². The van der Waals surface area contributed by atoms with Gasteiger partial charge in [0.25, 0.3) is 10.1 Å². The minimum absolute atomic E-state index is 0.110. The second kappa shape index (κ2) is 8.31. The molecule has 2 heterocycles. The highest BCUT2D eigenvalue weighted by Gasteiger charge is 2.43. The molecule has 0 aromatic heterocycles. The summed E-state index contributed by atoms with van der Waals surface area (Å²) in [5.74, 6) is -0.110. The van der Waals surface area contributed by atoms with Crippen molar-refractivity contribution < 1.29 is 22.2 Å². The van der Waals surface area contributed by atoms with E-state index in [0.717, 1.165) is 24.0 Å². The van der Waals surface area contributed by atoms with E-state index in [2.05, 4.69) is 0 Å². The molecule has 0 aliphatic carbocycles. The smallest absolute Gasteiger partial charge is 0.297 e. The lowest BCUT2D eigenvalue weighted by molar-refractivity contribution is -0.351. The number of aryl methyl sites for hydroxylation is 1. The van der Waals surface area contributed by atoms with Gasteiger partial charge in [0.05, 0.1) is 11.4 Å². The summed E-state index contributed by atoms with van der Waals surface area (Å²) in [4.78, 5) is 6.17. The highest BCUT2D eigenvalue weighted by molar-refractivity contribution is 7.86. The van der Waals surface area contributed by atoms with Gasteiger partial charge in [0.1, 0.15) is 6.10 Å². The Kier molecular flexibility index (Phi) is 5.80. The first-order valence-corrected chi connectivity index (χ1v) is 11.0. The molecule has 2 aromatic carbocycles. The zero-order valence-corrected chi connectivity index (χ0v) is 16.7. The fourth-order valence-corrected chi connectivity index (χ4v) is 4.80. The van der Waals surface area contributed by atoms with Crippen LogP contribution in [0.25, 0.3) is 0 Å². The van der Waals surface area contributed by atoms with Crippen molar-refractivity contribution in [2.24, 2.45) is 5.92 Å². The van der Waals surface area contributed by atoms with Gasteiger partial charge in [-0.2, -0.15) is 13.5 Å². The summed E-state index contributed by atoms with van der Waals surface area (Å²) in [6, 6.07) is 16.6. The van der Waals surface area contributed by atoms with Gasteiger partial charge in [-0.1, -0.05) is 48.0 Å². The van der Waals surface area contributed by atoms with Crippen molar-refractivity contribution >= 4 is 10.1 Å². The van der Waals surface area contributed by atoms with Gasteiger partial charge in [-0.25, -0.2) is 0 Å². The zero-order chi connectivity index (χ0) is 19.6. The second-order valence-electron chi connectivity index (χ2n) is 7.36. The zero-order valence-electron chi connectivity index (χ0n) is 15.9. The van der Waals surface area contributed by atoms with Gasteiger partial charge in [0.2, 0.25) is 0 Å². The van der Waals surface area contributed by atoms with Crippen LogP contribution in [0.3, 0.4) is 0 Å². The number of hydroxylamine groups is 2. The molecule has 0 spiro atoms. The molecule has 0 N–H and O–H groups in total. The van der Waals surface area contributed by atoms with Crippen LogP contribution in [0.2, 0.25) is 0 Å². The number of nitrogens with zero attached hydrogens (tertiary/aromatic N) is 1. The van der Waals surface area contributed by atoms with Gasteiger partial charge in [0, 0.05) is 19.1 Å². The number of hydrogen-bond donors (Lipinski definition) is 0. The molecule has 6 nitrogen and oxygen atoms in total. The van der Waals surface area contributed by atoms with Crippen LogP contribution in [0.15, 0.2) is 59.5 Å². The number of rotatable bonds is 5. The van der Waals surface area contributed by atoms with E-state index in [1.54, 1.807) is 29.3 Å². The van der Waals surface area contributed by atoms with Crippen LogP contribution in [0.5, 0.6) is 0 Å². The largest absolute Gasteiger partial charge is 0.350 e. The summed E-state index contributed by atoms with van der Waals surface area (Å²) < 4.78 is 37.1. The van der Waals surface area contributed by atoms with Gasteiger partial charge in [-0.05, 0) is 37.5 Å². The Balaban J connectivity index is 1.53. The van der Waals surface area contributed by atoms with Crippen LogP contribution in [-0.2, 0) is 30.4 Å². The summed E-state index contributed by atoms with van der Waals surface area (Å²) in [7, 11) is -3.86. The number of benzene rings is 2. The predicted octanol–water partition coefficient (Wildman–Crippen LogP) is 3.27. The minimum atomic E-state index is -3.86. The molecule has 150 valence electrons. The Labute approximate surface area is 166 Å². The normalized spacial score (nSPS) is 26.0. The maximum atomic E-state index is 12.8. The standard InChI is InChI=1S/C21H25NO5S/c1-16-9-11-18(12-10-16)28(23,24)27-20-15-22(14-17-6-3-2-4-7-17)26-21-19(20)8-5-13-25-21/h2-4,6-7,9-12,19-21H,5,8,13-15H2,1H3/t19-,20+,21+/m0/s1. The molecule has 2 saturated heterocycles. The molecular weight excluding hydrogens is 378 g/mol. The van der Waals surface area contributed by atoms with Crippen molar-refractivity contribution in [2.75, 3.05) is 13.2 Å². The number of fused-ring (bicyclic) bond motifs is 1. The molecule has 2 aliphatic heterocycles. The van der Waals surface area contributed by atoms with Gasteiger partial charge >= 0.3 is 0 Å². The van der Waals surface area contributed by atoms with Crippen LogP contribution < -0.4 is 0 Å². The first kappa shape index (κ1) is 19.5. The molecule has 0 amide bonds. The monoisotopic (exact) mass is 403 g/mol. The van der Waals surface area contributed by atoms with Crippen LogP contribution in [-0.4, -0.2) is 39.0 Å². The topological polar surface area (TPSA) is 65.1 Å². The van der Waals surface area contributed by atoms with E-state index in [0.29, 0.717) is 19.7 Å². The molecule has 2 fully saturated rings. The molecular formula is C21H25NO5S. The molecule has 4 rings (SSSR count). The van der Waals surface area contributed by atoms with Crippen LogP contribution >= 0.6 is 0 Å². The van der Waals surface area contributed by atoms with Gasteiger partial charge in [-0.3, -0.25) is 9.02 Å². The van der Waals surface area contributed by atoms with E-state index >= 15 is 0 Å². The van der Waals surface area contributed by atoms with Crippen molar-refractivity contribution in [1.82, 2.24) is 5.06 Å². The average molecular weight is 404 g/mol. The van der Waals surface area contributed by atoms with Crippen LogP contribution in [0.1, 0.15) is 24.0 Å². The lowest BCUT2D eigenvalue weighted by atomic mass is 9.93. The lowest BCUT2D eigenvalue weighted by Gasteiger charge is -2.44. The highest BCUT2D eigenvalue weighted by atomic mass is 32.2. The van der Waals surface area contributed by atoms with Crippen molar-refractivity contribution in [2.45, 2.75) is 43.6 Å². The average Bonchev–Trinajstić information content (AvgIpc) is 2.69. The first-order chi connectivity index (χ1) is 13.5. The second-order valence-corrected chi connectivity index (χ2v) is 8.93. The van der Waals surface area contributed by atoms with Gasteiger partial charge < -0.3 is 4.74 Å². The van der Waals surface area contributed by atoms with E-state index in [9.17, 15) is 8.42 Å². The third-order valence-corrected chi connectivity index (χ3v) is 6.54. The Morgan fingerprint density at radius 2 is 1.86 bits per heavy atom. The van der Waals surface area contributed by atoms with Crippen LogP contribution in [0, 0.1) is 12.8 Å². The summed E-state index contributed by atoms with van der Waals surface area (Å²) in [5.41, 5.74) is 2.08. The first-order valence-electron chi connectivity index (χ1n) is 9.58. The van der Waals surface area contributed by atoms with E-state index in [-0.39, 0.29) is 10.8 Å². The summed E-state index contributed by atoms with van der Waals surface area (Å²) in [6.45, 7) is 3.43. The molecule has 3 atom stereocenters. The molecule has 7 heteroatoms. The third-order valence-electron chi connectivity index (χ3n) is 5.19.